The van der Waals surface area contributed by atoms with Crippen LogP contribution in [0.4, 0.5) is 4.39 Å². The van der Waals surface area contributed by atoms with Crippen LogP contribution in [-0.2, 0) is 4.79 Å². The molecule has 0 bridgehead atoms. The Morgan fingerprint density at radius 3 is 2.74 bits per heavy atom. The maximum absolute atomic E-state index is 14.0. The zero-order chi connectivity index (χ0) is 16.6. The molecule has 0 aliphatic carbocycles. The molecule has 1 aromatic carbocycles. The van der Waals surface area contributed by atoms with Gasteiger partial charge in [-0.15, -0.1) is 5.10 Å². The van der Waals surface area contributed by atoms with Gasteiger partial charge in [-0.05, 0) is 12.1 Å². The lowest BCUT2D eigenvalue weighted by atomic mass is 10.1. The van der Waals surface area contributed by atoms with E-state index >= 15 is 0 Å². The molecule has 23 heavy (non-hydrogen) atoms. The van der Waals surface area contributed by atoms with E-state index in [-0.39, 0.29) is 18.7 Å². The Morgan fingerprint density at radius 2 is 2.09 bits per heavy atom. The number of hydrogen-bond acceptors (Lipinski definition) is 4. The van der Waals surface area contributed by atoms with Gasteiger partial charge in [0.2, 0.25) is 5.67 Å². The van der Waals surface area contributed by atoms with E-state index < -0.39 is 24.1 Å². The average molecular weight is 339 g/mol. The van der Waals surface area contributed by atoms with Crippen LogP contribution in [0.25, 0.3) is 5.69 Å². The van der Waals surface area contributed by atoms with E-state index in [1.165, 1.54) is 10.9 Å². The number of alkyl halides is 1. The number of aliphatic carboxylic acids is 1. The summed E-state index contributed by atoms with van der Waals surface area (Å²) in [6.07, 6.45) is 1.13. The highest BCUT2D eigenvalue weighted by Crippen LogP contribution is 2.27. The number of amides is 1. The van der Waals surface area contributed by atoms with Gasteiger partial charge in [0.05, 0.1) is 23.5 Å². The first-order chi connectivity index (χ1) is 10.9. The molecular formula is C14H12ClFN4O3. The molecule has 2 aromatic rings. The second-order valence-electron chi connectivity index (χ2n) is 5.25. The Morgan fingerprint density at radius 1 is 1.35 bits per heavy atom. The number of benzene rings is 1. The lowest BCUT2D eigenvalue weighted by molar-refractivity contribution is -0.149. The van der Waals surface area contributed by atoms with Crippen LogP contribution in [0.3, 0.4) is 0 Å². The summed E-state index contributed by atoms with van der Waals surface area (Å²) in [4.78, 5) is 24.3. The molecule has 1 atom stereocenters. The molecule has 1 aliphatic heterocycles. The predicted molar refractivity (Wildman–Crippen MR) is 78.4 cm³/mol. The summed E-state index contributed by atoms with van der Waals surface area (Å²) in [7, 11) is 0. The Labute approximate surface area is 135 Å². The Balaban J connectivity index is 1.80. The number of rotatable bonds is 3. The zero-order valence-corrected chi connectivity index (χ0v) is 12.6. The average Bonchev–Trinajstić information content (AvgIpc) is 3.15. The normalized spacial score (nSPS) is 20.7. The first-order valence-electron chi connectivity index (χ1n) is 6.79. The third-order valence-electron chi connectivity index (χ3n) is 3.70. The van der Waals surface area contributed by atoms with Gasteiger partial charge in [0.1, 0.15) is 0 Å². The predicted octanol–water partition coefficient (Wildman–Crippen LogP) is 1.56. The standard InChI is InChI=1S/C14H12ClFN4O3/c15-9-3-1-2-4-11(9)20-7-10(17-18-20)12(21)19-6-5-14(16,8-19)13(22)23/h1-4,7H,5-6,8H2,(H,22,23). The largest absolute Gasteiger partial charge is 0.479 e. The number of hydrogen-bond donors (Lipinski definition) is 1. The van der Waals surface area contributed by atoms with Gasteiger partial charge in [-0.3, -0.25) is 4.79 Å². The molecule has 1 aromatic heterocycles. The minimum absolute atomic E-state index is 0.000409. The van der Waals surface area contributed by atoms with E-state index in [4.69, 9.17) is 16.7 Å². The van der Waals surface area contributed by atoms with Gasteiger partial charge >= 0.3 is 5.97 Å². The van der Waals surface area contributed by atoms with Crippen molar-refractivity contribution in [1.29, 1.82) is 0 Å². The van der Waals surface area contributed by atoms with Crippen LogP contribution < -0.4 is 0 Å². The highest BCUT2D eigenvalue weighted by atomic mass is 35.5. The van der Waals surface area contributed by atoms with Gasteiger partial charge in [-0.25, -0.2) is 13.9 Å². The summed E-state index contributed by atoms with van der Waals surface area (Å²) < 4.78 is 15.4. The van der Waals surface area contributed by atoms with Gasteiger partial charge in [0.25, 0.3) is 5.91 Å². The molecule has 0 spiro atoms. The number of nitrogens with zero attached hydrogens (tertiary/aromatic N) is 4. The number of likely N-dealkylation sites (tertiary alicyclic amines) is 1. The van der Waals surface area contributed by atoms with Crippen LogP contribution in [0.15, 0.2) is 30.5 Å². The van der Waals surface area contributed by atoms with Gasteiger partial charge in [0.15, 0.2) is 5.69 Å². The van der Waals surface area contributed by atoms with Gasteiger partial charge in [-0.2, -0.15) is 0 Å². The van der Waals surface area contributed by atoms with Crippen LogP contribution in [0, 0.1) is 0 Å². The van der Waals surface area contributed by atoms with Crippen LogP contribution in [0.1, 0.15) is 16.9 Å². The summed E-state index contributed by atoms with van der Waals surface area (Å²) in [6, 6.07) is 6.89. The van der Waals surface area contributed by atoms with Gasteiger partial charge in [0, 0.05) is 13.0 Å². The molecule has 1 fully saturated rings. The monoisotopic (exact) mass is 338 g/mol. The van der Waals surface area contributed by atoms with Crippen LogP contribution in [-0.4, -0.2) is 55.6 Å². The molecule has 0 radical (unpaired) electrons. The SMILES string of the molecule is O=C(c1cn(-c2ccccc2Cl)nn1)N1CCC(F)(C(=O)O)C1. The van der Waals surface area contributed by atoms with E-state index in [2.05, 4.69) is 10.3 Å². The van der Waals surface area contributed by atoms with Crippen molar-refractivity contribution >= 4 is 23.5 Å². The summed E-state index contributed by atoms with van der Waals surface area (Å²) in [5.74, 6) is -2.13. The third-order valence-corrected chi connectivity index (χ3v) is 4.02. The van der Waals surface area contributed by atoms with Crippen LogP contribution in [0.5, 0.6) is 0 Å². The smallest absolute Gasteiger partial charge is 0.343 e. The molecule has 1 saturated heterocycles. The molecule has 0 saturated carbocycles. The number of carboxylic acid groups (broad SMARTS) is 1. The third kappa shape index (κ3) is 2.77. The van der Waals surface area contributed by atoms with Crippen molar-refractivity contribution in [1.82, 2.24) is 19.9 Å². The number of carbonyl (C=O) groups excluding carboxylic acids is 1. The van der Waals surface area contributed by atoms with Crippen LogP contribution in [0.2, 0.25) is 5.02 Å². The number of para-hydroxylation sites is 1. The second-order valence-corrected chi connectivity index (χ2v) is 5.65. The highest BCUT2D eigenvalue weighted by Gasteiger charge is 2.47. The summed E-state index contributed by atoms with van der Waals surface area (Å²) in [5.41, 5.74) is -1.86. The van der Waals surface area contributed by atoms with Crippen molar-refractivity contribution in [3.8, 4) is 5.69 Å². The maximum atomic E-state index is 14.0. The molecule has 1 aliphatic rings. The van der Waals surface area contributed by atoms with Gasteiger partial charge in [-0.1, -0.05) is 28.9 Å². The van der Waals surface area contributed by atoms with Crippen molar-refractivity contribution in [2.24, 2.45) is 0 Å². The first-order valence-corrected chi connectivity index (χ1v) is 7.17. The van der Waals surface area contributed by atoms with Crippen LogP contribution >= 0.6 is 11.6 Å². The second kappa shape index (κ2) is 5.62. The summed E-state index contributed by atoms with van der Waals surface area (Å²) in [6.45, 7) is -0.485. The van der Waals surface area contributed by atoms with Crippen molar-refractivity contribution in [2.45, 2.75) is 12.1 Å². The molecule has 7 nitrogen and oxygen atoms in total. The lowest BCUT2D eigenvalue weighted by Crippen LogP contribution is -2.39. The van der Waals surface area contributed by atoms with Crippen molar-refractivity contribution in [3.05, 3.63) is 41.2 Å². The van der Waals surface area contributed by atoms with E-state index in [1.807, 2.05) is 0 Å². The van der Waals surface area contributed by atoms with Crippen molar-refractivity contribution < 1.29 is 19.1 Å². The number of aromatic nitrogens is 3. The minimum Gasteiger partial charge on any atom is -0.479 e. The quantitative estimate of drug-likeness (QED) is 0.917. The zero-order valence-electron chi connectivity index (χ0n) is 11.8. The maximum Gasteiger partial charge on any atom is 0.343 e. The molecular weight excluding hydrogens is 327 g/mol. The Hall–Kier alpha value is -2.48. The van der Waals surface area contributed by atoms with Crippen molar-refractivity contribution in [3.63, 3.8) is 0 Å². The number of carbonyl (C=O) groups is 2. The molecule has 9 heteroatoms. The minimum atomic E-state index is -2.41. The summed E-state index contributed by atoms with van der Waals surface area (Å²) >= 11 is 6.05. The lowest BCUT2D eigenvalue weighted by Gasteiger charge is -2.16. The van der Waals surface area contributed by atoms with E-state index in [1.54, 1.807) is 24.3 Å². The topological polar surface area (TPSA) is 88.3 Å². The fourth-order valence-corrected chi connectivity index (χ4v) is 2.62. The van der Waals surface area contributed by atoms with E-state index in [9.17, 15) is 14.0 Å². The number of carboxylic acids is 1. The molecule has 3 rings (SSSR count). The highest BCUT2D eigenvalue weighted by molar-refractivity contribution is 6.32. The molecule has 1 unspecified atom stereocenters. The Bertz CT molecular complexity index is 781. The summed E-state index contributed by atoms with van der Waals surface area (Å²) in [5, 5.41) is 16.9. The van der Waals surface area contributed by atoms with E-state index in [0.29, 0.717) is 10.7 Å². The molecule has 1 N–H and O–H groups in total. The van der Waals surface area contributed by atoms with Crippen molar-refractivity contribution in [2.75, 3.05) is 13.1 Å². The van der Waals surface area contributed by atoms with Gasteiger partial charge < -0.3 is 10.0 Å². The fraction of sp³-hybridized carbons (Fsp3) is 0.286. The molecule has 2 heterocycles. The number of halogens is 2. The molecule has 120 valence electrons. The first kappa shape index (κ1) is 15.4. The molecule has 1 amide bonds. The Kier molecular flexibility index (Phi) is 3.77. The fourth-order valence-electron chi connectivity index (χ4n) is 2.40. The van der Waals surface area contributed by atoms with E-state index in [0.717, 1.165) is 4.90 Å².